The molecule has 0 aromatic carbocycles. The zero-order valence-corrected chi connectivity index (χ0v) is 15.7. The van der Waals surface area contributed by atoms with Gasteiger partial charge in [-0.05, 0) is 37.5 Å². The zero-order valence-electron chi connectivity index (χ0n) is 13.5. The predicted molar refractivity (Wildman–Crippen MR) is 96.0 cm³/mol. The fourth-order valence-corrected chi connectivity index (χ4v) is 4.36. The van der Waals surface area contributed by atoms with E-state index in [2.05, 4.69) is 27.9 Å². The molecule has 0 heterocycles. The summed E-state index contributed by atoms with van der Waals surface area (Å²) in [7, 11) is 0. The van der Waals surface area contributed by atoms with Crippen molar-refractivity contribution in [3.05, 3.63) is 0 Å². The molecule has 0 aromatic heterocycles. The van der Waals surface area contributed by atoms with Crippen molar-refractivity contribution in [1.82, 2.24) is 5.32 Å². The van der Waals surface area contributed by atoms with Crippen LogP contribution < -0.4 is 5.32 Å². The number of nitrogens with one attached hydrogen (secondary N) is 1. The van der Waals surface area contributed by atoms with Crippen molar-refractivity contribution in [3.63, 3.8) is 0 Å². The molecule has 2 rings (SSSR count). The second-order valence-corrected chi connectivity index (χ2v) is 8.55. The second kappa shape index (κ2) is 8.83. The average molecular weight is 423 g/mol. The van der Waals surface area contributed by atoms with Gasteiger partial charge in [0.05, 0.1) is 16.1 Å². The summed E-state index contributed by atoms with van der Waals surface area (Å²) in [5.41, 5.74) is 0. The van der Waals surface area contributed by atoms with Crippen LogP contribution in [0.25, 0.3) is 0 Å². The quantitative estimate of drug-likeness (QED) is 0.416. The van der Waals surface area contributed by atoms with Crippen LogP contribution in [0.3, 0.4) is 0 Å². The van der Waals surface area contributed by atoms with E-state index in [0.29, 0.717) is 18.3 Å². The molecule has 5 heteroatoms. The molecule has 2 unspecified atom stereocenters. The minimum absolute atomic E-state index is 0.0258. The lowest BCUT2D eigenvalue weighted by atomic mass is 9.80. The van der Waals surface area contributed by atoms with E-state index in [1.165, 1.54) is 19.3 Å². The summed E-state index contributed by atoms with van der Waals surface area (Å²) in [5.74, 6) is 1.04. The molecule has 2 saturated carbocycles. The summed E-state index contributed by atoms with van der Waals surface area (Å²) in [6, 6.07) is -0.306. The van der Waals surface area contributed by atoms with E-state index in [0.717, 1.165) is 32.1 Å². The molecule has 4 nitrogen and oxygen atoms in total. The molecule has 0 radical (unpaired) electrons. The molecule has 4 atom stereocenters. The van der Waals surface area contributed by atoms with Gasteiger partial charge in [-0.2, -0.15) is 0 Å². The fourth-order valence-electron chi connectivity index (χ4n) is 3.46. The largest absolute Gasteiger partial charge is 0.390 e. The highest BCUT2D eigenvalue weighted by Gasteiger charge is 2.36. The van der Waals surface area contributed by atoms with Crippen molar-refractivity contribution in [2.45, 2.75) is 86.9 Å². The number of halogens is 1. The number of carbonyl (C=O) groups is 1. The summed E-state index contributed by atoms with van der Waals surface area (Å²) in [6.45, 7) is 1.86. The maximum absolute atomic E-state index is 12.5. The molecular weight excluding hydrogens is 393 g/mol. The SMILES string of the molecule is CCC(O)[C@H](O)C(NC(=O)[C@@H](I)CC1CC1)C1CCCCC1. The Hall–Kier alpha value is 0.120. The molecule has 0 bridgehead atoms. The molecular formula is C17H30INO3. The van der Waals surface area contributed by atoms with Gasteiger partial charge in [-0.3, -0.25) is 4.79 Å². The predicted octanol–water partition coefficient (Wildman–Crippen LogP) is 2.79. The van der Waals surface area contributed by atoms with Crippen molar-refractivity contribution in [2.75, 3.05) is 0 Å². The fraction of sp³-hybridized carbons (Fsp3) is 0.941. The first-order chi connectivity index (χ1) is 10.5. The van der Waals surface area contributed by atoms with Crippen molar-refractivity contribution in [2.24, 2.45) is 11.8 Å². The standard InChI is InChI=1S/C17H30INO3/c1-2-14(20)16(21)15(12-6-4-3-5-7-12)19-17(22)13(18)10-11-8-9-11/h11-16,20-21H,2-10H2,1H3,(H,19,22)/t13-,14?,15?,16-/m0/s1. The number of alkyl halides is 1. The Morgan fingerprint density at radius 2 is 1.82 bits per heavy atom. The Balaban J connectivity index is 1.97. The van der Waals surface area contributed by atoms with Crippen LogP contribution in [-0.4, -0.2) is 38.3 Å². The van der Waals surface area contributed by atoms with Gasteiger partial charge in [0.2, 0.25) is 5.91 Å². The molecule has 2 aliphatic rings. The summed E-state index contributed by atoms with van der Waals surface area (Å²) < 4.78 is -0.0258. The number of aliphatic hydroxyl groups excluding tert-OH is 2. The van der Waals surface area contributed by atoms with Gasteiger partial charge in [-0.1, -0.05) is 61.6 Å². The highest BCUT2D eigenvalue weighted by molar-refractivity contribution is 14.1. The number of hydrogen-bond acceptors (Lipinski definition) is 3. The molecule has 2 fully saturated rings. The lowest BCUT2D eigenvalue weighted by Crippen LogP contribution is -2.54. The lowest BCUT2D eigenvalue weighted by molar-refractivity contribution is -0.123. The van der Waals surface area contributed by atoms with Crippen LogP contribution in [0.5, 0.6) is 0 Å². The van der Waals surface area contributed by atoms with E-state index < -0.39 is 12.2 Å². The first-order valence-corrected chi connectivity index (χ1v) is 10.1. The maximum Gasteiger partial charge on any atom is 0.233 e. The zero-order chi connectivity index (χ0) is 16.1. The van der Waals surface area contributed by atoms with E-state index in [4.69, 9.17) is 0 Å². The van der Waals surface area contributed by atoms with Gasteiger partial charge in [0.25, 0.3) is 0 Å². The van der Waals surface area contributed by atoms with Gasteiger partial charge < -0.3 is 15.5 Å². The third-order valence-electron chi connectivity index (χ3n) is 5.17. The summed E-state index contributed by atoms with van der Waals surface area (Å²) >= 11 is 2.22. The van der Waals surface area contributed by atoms with Crippen LogP contribution in [-0.2, 0) is 4.79 Å². The molecule has 128 valence electrons. The first kappa shape index (κ1) is 18.5. The molecule has 0 aromatic rings. The number of hydrogen-bond donors (Lipinski definition) is 3. The highest BCUT2D eigenvalue weighted by atomic mass is 127. The van der Waals surface area contributed by atoms with Crippen molar-refractivity contribution >= 4 is 28.5 Å². The van der Waals surface area contributed by atoms with E-state index >= 15 is 0 Å². The Kier molecular flexibility index (Phi) is 7.41. The third-order valence-corrected chi connectivity index (χ3v) is 6.24. The molecule has 22 heavy (non-hydrogen) atoms. The molecule has 0 aliphatic heterocycles. The Labute approximate surface area is 147 Å². The molecule has 1 amide bonds. The maximum atomic E-state index is 12.5. The van der Waals surface area contributed by atoms with E-state index in [-0.39, 0.29) is 15.9 Å². The lowest BCUT2D eigenvalue weighted by Gasteiger charge is -2.36. The van der Waals surface area contributed by atoms with Gasteiger partial charge >= 0.3 is 0 Å². The van der Waals surface area contributed by atoms with Crippen molar-refractivity contribution in [3.8, 4) is 0 Å². The van der Waals surface area contributed by atoms with Gasteiger partial charge in [0.15, 0.2) is 0 Å². The first-order valence-electron chi connectivity index (χ1n) is 8.83. The third kappa shape index (κ3) is 5.34. The van der Waals surface area contributed by atoms with Gasteiger partial charge in [-0.25, -0.2) is 0 Å². The molecule has 2 aliphatic carbocycles. The van der Waals surface area contributed by atoms with E-state index in [1.54, 1.807) is 0 Å². The smallest absolute Gasteiger partial charge is 0.233 e. The van der Waals surface area contributed by atoms with E-state index in [1.807, 2.05) is 6.92 Å². The van der Waals surface area contributed by atoms with E-state index in [9.17, 15) is 15.0 Å². The molecule has 3 N–H and O–H groups in total. The van der Waals surface area contributed by atoms with Gasteiger partial charge in [0.1, 0.15) is 6.10 Å². The summed E-state index contributed by atoms with van der Waals surface area (Å²) in [5, 5.41) is 23.6. The minimum Gasteiger partial charge on any atom is -0.390 e. The van der Waals surface area contributed by atoms with Gasteiger partial charge in [0, 0.05) is 0 Å². The Morgan fingerprint density at radius 3 is 2.36 bits per heavy atom. The van der Waals surface area contributed by atoms with Crippen LogP contribution >= 0.6 is 22.6 Å². The monoisotopic (exact) mass is 423 g/mol. The van der Waals surface area contributed by atoms with Crippen LogP contribution in [0, 0.1) is 11.8 Å². The summed E-state index contributed by atoms with van der Waals surface area (Å²) in [4.78, 5) is 12.5. The number of rotatable bonds is 8. The second-order valence-electron chi connectivity index (χ2n) is 7.05. The van der Waals surface area contributed by atoms with Crippen LogP contribution in [0.4, 0.5) is 0 Å². The normalized spacial score (nSPS) is 25.3. The van der Waals surface area contributed by atoms with Crippen molar-refractivity contribution in [1.29, 1.82) is 0 Å². The van der Waals surface area contributed by atoms with Crippen LogP contribution in [0.1, 0.15) is 64.7 Å². The Bertz CT molecular complexity index is 354. The Morgan fingerprint density at radius 1 is 1.18 bits per heavy atom. The minimum atomic E-state index is -0.860. The highest BCUT2D eigenvalue weighted by Crippen LogP contribution is 2.36. The van der Waals surface area contributed by atoms with Gasteiger partial charge in [-0.15, -0.1) is 0 Å². The van der Waals surface area contributed by atoms with Crippen LogP contribution in [0.2, 0.25) is 0 Å². The van der Waals surface area contributed by atoms with Crippen molar-refractivity contribution < 1.29 is 15.0 Å². The average Bonchev–Trinajstić information content (AvgIpc) is 3.35. The summed E-state index contributed by atoms with van der Waals surface area (Å²) in [6.07, 6.45) is 7.94. The molecule has 0 spiro atoms. The van der Waals surface area contributed by atoms with Crippen LogP contribution in [0.15, 0.2) is 0 Å². The number of amides is 1. The number of carbonyl (C=O) groups excluding carboxylic acids is 1. The topological polar surface area (TPSA) is 69.6 Å². The number of aliphatic hydroxyl groups is 2. The molecule has 0 saturated heterocycles.